The van der Waals surface area contributed by atoms with Crippen LogP contribution in [0.25, 0.3) is 0 Å². The Kier molecular flexibility index (Phi) is 10.8. The maximum absolute atomic E-state index is 11.5. The summed E-state index contributed by atoms with van der Waals surface area (Å²) in [4.78, 5) is 11.5. The molecule has 32 heavy (non-hydrogen) atoms. The van der Waals surface area contributed by atoms with Crippen LogP contribution in [0.4, 0.5) is 0 Å². The average Bonchev–Trinajstić information content (AvgIpc) is 2.74. The summed E-state index contributed by atoms with van der Waals surface area (Å²) in [7, 11) is 0. The molecular weight excluding hydrogens is 440 g/mol. The van der Waals surface area contributed by atoms with Gasteiger partial charge >= 0.3 is 5.97 Å². The molecule has 2 unspecified atom stereocenters. The molecule has 0 bridgehead atoms. The van der Waals surface area contributed by atoms with Gasteiger partial charge in [0.25, 0.3) is 0 Å². The zero-order chi connectivity index (χ0) is 23.6. The number of hydrogen-bond donors (Lipinski definition) is 2. The Bertz CT molecular complexity index is 815. The zero-order valence-corrected chi connectivity index (χ0v) is 21.3. The normalized spacial score (nSPS) is 13.3. The fourth-order valence-corrected chi connectivity index (χ4v) is 3.62. The van der Waals surface area contributed by atoms with E-state index in [2.05, 4.69) is 70.3 Å². The molecular formula is C26H36O4S2. The Morgan fingerprint density at radius 2 is 1.31 bits per heavy atom. The van der Waals surface area contributed by atoms with Gasteiger partial charge in [-0.2, -0.15) is 25.3 Å². The van der Waals surface area contributed by atoms with Gasteiger partial charge in [0.05, 0.1) is 13.0 Å². The second-order valence-electron chi connectivity index (χ2n) is 8.64. The minimum Gasteiger partial charge on any atom is -0.494 e. The van der Waals surface area contributed by atoms with Crippen LogP contribution in [0.5, 0.6) is 11.5 Å². The Hall–Kier alpha value is -1.79. The molecule has 2 atom stereocenters. The topological polar surface area (TPSA) is 44.8 Å². The van der Waals surface area contributed by atoms with Crippen molar-refractivity contribution < 1.29 is 19.0 Å². The van der Waals surface area contributed by atoms with Crippen molar-refractivity contribution in [2.45, 2.75) is 62.9 Å². The van der Waals surface area contributed by atoms with Crippen LogP contribution in [0.1, 0.15) is 58.1 Å². The number of carbonyl (C=O) groups is 1. The molecule has 0 radical (unpaired) electrons. The summed E-state index contributed by atoms with van der Waals surface area (Å²) in [5, 5.41) is 0.401. The summed E-state index contributed by atoms with van der Waals surface area (Å²) in [6, 6.07) is 16.4. The molecule has 0 aliphatic heterocycles. The van der Waals surface area contributed by atoms with Crippen LogP contribution in [-0.4, -0.2) is 36.3 Å². The number of esters is 1. The lowest BCUT2D eigenvalue weighted by Crippen LogP contribution is -2.19. The van der Waals surface area contributed by atoms with E-state index in [0.717, 1.165) is 24.3 Å². The maximum Gasteiger partial charge on any atom is 0.307 e. The minimum atomic E-state index is -0.253. The van der Waals surface area contributed by atoms with Crippen LogP contribution >= 0.6 is 25.3 Å². The maximum atomic E-state index is 11.5. The average molecular weight is 477 g/mol. The van der Waals surface area contributed by atoms with Gasteiger partial charge in [-0.1, -0.05) is 52.0 Å². The van der Waals surface area contributed by atoms with E-state index in [-0.39, 0.29) is 23.2 Å². The molecule has 0 amide bonds. The quantitative estimate of drug-likeness (QED) is 0.208. The highest BCUT2D eigenvalue weighted by Crippen LogP contribution is 2.33. The third-order valence-electron chi connectivity index (χ3n) is 5.26. The molecule has 2 aromatic rings. The fraction of sp³-hybridized carbons (Fsp3) is 0.500. The van der Waals surface area contributed by atoms with Gasteiger partial charge in [0.2, 0.25) is 0 Å². The molecule has 0 aromatic heterocycles. The highest BCUT2D eigenvalue weighted by Gasteiger charge is 2.23. The van der Waals surface area contributed by atoms with Gasteiger partial charge in [0, 0.05) is 10.7 Å². The van der Waals surface area contributed by atoms with Crippen LogP contribution in [0, 0.1) is 0 Å². The first-order valence-electron chi connectivity index (χ1n) is 11.2. The van der Waals surface area contributed by atoms with Gasteiger partial charge in [-0.25, -0.2) is 0 Å². The van der Waals surface area contributed by atoms with Crippen LogP contribution in [-0.2, 0) is 14.9 Å². The number of ether oxygens (including phenoxy) is 3. The summed E-state index contributed by atoms with van der Waals surface area (Å²) in [6.07, 6.45) is 2.35. The Morgan fingerprint density at radius 3 is 1.78 bits per heavy atom. The van der Waals surface area contributed by atoms with Crippen LogP contribution in [0.15, 0.2) is 48.5 Å². The first-order valence-corrected chi connectivity index (χ1v) is 12.2. The predicted molar refractivity (Wildman–Crippen MR) is 138 cm³/mol. The molecule has 0 saturated carbocycles. The molecule has 0 N–H and O–H groups in total. The Morgan fingerprint density at radius 1 is 0.812 bits per heavy atom. The van der Waals surface area contributed by atoms with Gasteiger partial charge in [0.1, 0.15) is 24.7 Å². The van der Waals surface area contributed by atoms with Crippen molar-refractivity contribution in [2.24, 2.45) is 0 Å². The first kappa shape index (κ1) is 26.5. The van der Waals surface area contributed by atoms with E-state index in [1.165, 1.54) is 11.1 Å². The second-order valence-corrected chi connectivity index (χ2v) is 10.4. The number of carbonyl (C=O) groups excluding carboxylic acids is 1. The summed E-state index contributed by atoms with van der Waals surface area (Å²) in [6.45, 7) is 9.63. The lowest BCUT2D eigenvalue weighted by atomic mass is 9.78. The van der Waals surface area contributed by atoms with Crippen LogP contribution in [0.2, 0.25) is 0 Å². The molecule has 0 aliphatic carbocycles. The van der Waals surface area contributed by atoms with Crippen molar-refractivity contribution in [2.75, 3.05) is 19.8 Å². The third-order valence-corrected chi connectivity index (χ3v) is 5.70. The van der Waals surface area contributed by atoms with Crippen molar-refractivity contribution in [3.63, 3.8) is 0 Å². The van der Waals surface area contributed by atoms with Crippen molar-refractivity contribution in [1.82, 2.24) is 0 Å². The highest BCUT2D eigenvalue weighted by atomic mass is 32.1. The van der Waals surface area contributed by atoms with Crippen molar-refractivity contribution in [3.05, 3.63) is 59.7 Å². The van der Waals surface area contributed by atoms with E-state index in [9.17, 15) is 4.79 Å². The van der Waals surface area contributed by atoms with Crippen LogP contribution < -0.4 is 9.47 Å². The number of benzene rings is 2. The first-order chi connectivity index (χ1) is 15.2. The summed E-state index contributed by atoms with van der Waals surface area (Å²) in [5.41, 5.74) is 2.25. The molecule has 0 heterocycles. The summed E-state index contributed by atoms with van der Waals surface area (Å²) in [5.74, 6) is 1.39. The minimum absolute atomic E-state index is 0.00460. The molecule has 0 fully saturated rings. The molecule has 0 aliphatic rings. The third kappa shape index (κ3) is 8.99. The van der Waals surface area contributed by atoms with E-state index in [4.69, 9.17) is 14.2 Å². The van der Waals surface area contributed by atoms with E-state index in [1.807, 2.05) is 31.2 Å². The Labute approximate surface area is 203 Å². The van der Waals surface area contributed by atoms with E-state index < -0.39 is 0 Å². The largest absolute Gasteiger partial charge is 0.494 e. The van der Waals surface area contributed by atoms with Gasteiger partial charge in [0.15, 0.2) is 0 Å². The lowest BCUT2D eigenvalue weighted by Gasteiger charge is -2.26. The molecule has 2 rings (SSSR count). The molecule has 176 valence electrons. The second kappa shape index (κ2) is 13.0. The number of rotatable bonds is 13. The Balaban J connectivity index is 1.86. The zero-order valence-electron chi connectivity index (χ0n) is 19.5. The van der Waals surface area contributed by atoms with E-state index >= 15 is 0 Å². The molecule has 2 aromatic carbocycles. The van der Waals surface area contributed by atoms with Gasteiger partial charge in [-0.05, 0) is 53.5 Å². The van der Waals surface area contributed by atoms with Crippen molar-refractivity contribution in [1.29, 1.82) is 0 Å². The van der Waals surface area contributed by atoms with Crippen LogP contribution in [0.3, 0.4) is 0 Å². The monoisotopic (exact) mass is 476 g/mol. The summed E-state index contributed by atoms with van der Waals surface area (Å²) < 4.78 is 16.7. The molecule has 6 heteroatoms. The lowest BCUT2D eigenvalue weighted by molar-refractivity contribution is -0.144. The smallest absolute Gasteiger partial charge is 0.307 e. The van der Waals surface area contributed by atoms with Gasteiger partial charge in [-0.15, -0.1) is 0 Å². The van der Waals surface area contributed by atoms with Crippen molar-refractivity contribution in [3.8, 4) is 11.5 Å². The van der Waals surface area contributed by atoms with E-state index in [0.29, 0.717) is 24.9 Å². The van der Waals surface area contributed by atoms with E-state index in [1.54, 1.807) is 0 Å². The highest BCUT2D eigenvalue weighted by molar-refractivity contribution is 7.81. The molecule has 0 saturated heterocycles. The van der Waals surface area contributed by atoms with Crippen molar-refractivity contribution >= 4 is 31.2 Å². The number of hydrogen-bond acceptors (Lipinski definition) is 6. The predicted octanol–water partition coefficient (Wildman–Crippen LogP) is 6.12. The fourth-order valence-electron chi connectivity index (χ4n) is 3.29. The van der Waals surface area contributed by atoms with Gasteiger partial charge < -0.3 is 14.2 Å². The molecule has 0 spiro atoms. The molecule has 4 nitrogen and oxygen atoms in total. The standard InChI is InChI=1S/C26H36O4S2/c1-19(31)6-5-15-28-23-11-7-21(8-12-23)26(3,4)22-9-13-24(14-10-22)29-16-17-30-25(27)18-20(2)32/h7-14,19-20,31-32H,5-6,15-18H2,1-4H3. The number of thiol groups is 2. The van der Waals surface area contributed by atoms with Gasteiger partial charge in [-0.3, -0.25) is 4.79 Å². The summed E-state index contributed by atoms with van der Waals surface area (Å²) >= 11 is 8.58. The SMILES string of the molecule is CC(S)CCCOc1ccc(C(C)(C)c2ccc(OCCOC(=O)CC(C)S)cc2)cc1.